The Labute approximate surface area is 158 Å². The zero-order chi connectivity index (χ0) is 21.5. The first-order valence-corrected chi connectivity index (χ1v) is 9.62. The summed E-state index contributed by atoms with van der Waals surface area (Å²) in [6.07, 6.45) is -8.15. The van der Waals surface area contributed by atoms with E-state index in [0.717, 1.165) is 0 Å². The topological polar surface area (TPSA) is 73.2 Å². The summed E-state index contributed by atoms with van der Waals surface area (Å²) in [5.41, 5.74) is -3.20. The highest BCUT2D eigenvalue weighted by Gasteiger charge is 2.42. The SMILES string of the molecule is CC(C)C1CC(NS(=O)(=O)c2cc(C(F)(F)F)ccc2C(F)(F)F)CN1C#N. The van der Waals surface area contributed by atoms with Crippen molar-refractivity contribution in [3.63, 3.8) is 0 Å². The van der Waals surface area contributed by atoms with Gasteiger partial charge < -0.3 is 4.90 Å². The van der Waals surface area contributed by atoms with Gasteiger partial charge in [0.15, 0.2) is 6.19 Å². The zero-order valence-corrected chi connectivity index (χ0v) is 15.6. The molecule has 1 aliphatic rings. The number of hydrogen-bond acceptors (Lipinski definition) is 4. The Balaban J connectivity index is 2.43. The second-order valence-electron chi connectivity index (χ2n) is 6.82. The quantitative estimate of drug-likeness (QED) is 0.587. The lowest BCUT2D eigenvalue weighted by atomic mass is 10.0. The van der Waals surface area contributed by atoms with Crippen LogP contribution in [0.4, 0.5) is 26.3 Å². The van der Waals surface area contributed by atoms with E-state index in [9.17, 15) is 34.8 Å². The Morgan fingerprint density at radius 2 is 1.79 bits per heavy atom. The molecule has 1 saturated heterocycles. The first-order valence-electron chi connectivity index (χ1n) is 8.14. The molecular weight excluding hydrogens is 412 g/mol. The number of likely N-dealkylation sites (tertiary alicyclic amines) is 1. The average Bonchev–Trinajstić information content (AvgIpc) is 2.95. The van der Waals surface area contributed by atoms with Crippen LogP contribution in [0.1, 0.15) is 31.4 Å². The molecule has 0 amide bonds. The molecule has 0 radical (unpaired) electrons. The first-order chi connectivity index (χ1) is 12.7. The molecule has 156 valence electrons. The molecule has 2 atom stereocenters. The Morgan fingerprint density at radius 1 is 1.18 bits per heavy atom. The van der Waals surface area contributed by atoms with Gasteiger partial charge in [0.05, 0.1) is 16.0 Å². The summed E-state index contributed by atoms with van der Waals surface area (Å²) in [6, 6.07) is -0.982. The van der Waals surface area contributed by atoms with Gasteiger partial charge in [0, 0.05) is 18.6 Å². The van der Waals surface area contributed by atoms with Crippen molar-refractivity contribution in [1.82, 2.24) is 9.62 Å². The molecular formula is C16H17F6N3O2S. The zero-order valence-electron chi connectivity index (χ0n) is 14.8. The van der Waals surface area contributed by atoms with Gasteiger partial charge in [-0.3, -0.25) is 0 Å². The highest BCUT2D eigenvalue weighted by Crippen LogP contribution is 2.38. The highest BCUT2D eigenvalue weighted by molar-refractivity contribution is 7.89. The molecule has 1 aliphatic heterocycles. The van der Waals surface area contributed by atoms with E-state index >= 15 is 0 Å². The van der Waals surface area contributed by atoms with E-state index in [1.54, 1.807) is 13.8 Å². The van der Waals surface area contributed by atoms with Gasteiger partial charge in [0.25, 0.3) is 0 Å². The molecule has 2 rings (SSSR count). The maximum Gasteiger partial charge on any atom is 0.417 e. The van der Waals surface area contributed by atoms with Crippen LogP contribution in [0.2, 0.25) is 0 Å². The molecule has 2 unspecified atom stereocenters. The number of alkyl halides is 6. The molecule has 1 N–H and O–H groups in total. The third kappa shape index (κ3) is 4.70. The van der Waals surface area contributed by atoms with Crippen molar-refractivity contribution in [1.29, 1.82) is 5.26 Å². The molecule has 1 aromatic rings. The lowest BCUT2D eigenvalue weighted by Crippen LogP contribution is -2.37. The second-order valence-corrected chi connectivity index (χ2v) is 8.51. The highest BCUT2D eigenvalue weighted by atomic mass is 32.2. The number of halogens is 6. The van der Waals surface area contributed by atoms with Gasteiger partial charge in [0.1, 0.15) is 0 Å². The van der Waals surface area contributed by atoms with Gasteiger partial charge in [-0.15, -0.1) is 0 Å². The maximum atomic E-state index is 13.2. The van der Waals surface area contributed by atoms with Crippen LogP contribution in [-0.4, -0.2) is 31.9 Å². The molecule has 5 nitrogen and oxygen atoms in total. The number of nitrogens with zero attached hydrogens (tertiary/aromatic N) is 2. The predicted molar refractivity (Wildman–Crippen MR) is 86.1 cm³/mol. The van der Waals surface area contributed by atoms with Crippen molar-refractivity contribution < 1.29 is 34.8 Å². The van der Waals surface area contributed by atoms with E-state index in [0.29, 0.717) is 0 Å². The molecule has 0 aliphatic carbocycles. The van der Waals surface area contributed by atoms with Crippen molar-refractivity contribution in [2.75, 3.05) is 6.54 Å². The number of rotatable bonds is 4. The van der Waals surface area contributed by atoms with Gasteiger partial charge in [-0.1, -0.05) is 13.8 Å². The van der Waals surface area contributed by atoms with Gasteiger partial charge in [-0.2, -0.15) is 31.6 Å². The van der Waals surface area contributed by atoms with Crippen LogP contribution in [0.25, 0.3) is 0 Å². The molecule has 0 aromatic heterocycles. The number of sulfonamides is 1. The summed E-state index contributed by atoms with van der Waals surface area (Å²) in [7, 11) is -4.93. The average molecular weight is 429 g/mol. The third-order valence-corrected chi connectivity index (χ3v) is 6.03. The monoisotopic (exact) mass is 429 g/mol. The lowest BCUT2D eigenvalue weighted by molar-refractivity contribution is -0.143. The van der Waals surface area contributed by atoms with Crippen LogP contribution in [0.3, 0.4) is 0 Å². The fourth-order valence-corrected chi connectivity index (χ4v) is 4.63. The van der Waals surface area contributed by atoms with Gasteiger partial charge in [-0.05, 0) is 30.5 Å². The van der Waals surface area contributed by atoms with Crippen LogP contribution < -0.4 is 4.72 Å². The summed E-state index contributed by atoms with van der Waals surface area (Å²) in [4.78, 5) is -0.194. The molecule has 1 fully saturated rings. The first kappa shape index (κ1) is 22.3. The Kier molecular flexibility index (Phi) is 5.92. The summed E-state index contributed by atoms with van der Waals surface area (Å²) >= 11 is 0. The smallest absolute Gasteiger partial charge is 0.306 e. The molecule has 12 heteroatoms. The molecule has 0 bridgehead atoms. The predicted octanol–water partition coefficient (Wildman–Crippen LogP) is 3.58. The maximum absolute atomic E-state index is 13.2. The summed E-state index contributed by atoms with van der Waals surface area (Å²) < 4.78 is 105. The van der Waals surface area contributed by atoms with Crippen molar-refractivity contribution in [3.05, 3.63) is 29.3 Å². The Hall–Kier alpha value is -2.00. The van der Waals surface area contributed by atoms with Crippen molar-refractivity contribution in [3.8, 4) is 6.19 Å². The molecule has 1 heterocycles. The van der Waals surface area contributed by atoms with E-state index < -0.39 is 44.4 Å². The van der Waals surface area contributed by atoms with E-state index in [1.165, 1.54) is 4.90 Å². The summed E-state index contributed by atoms with van der Waals surface area (Å²) in [6.45, 7) is 3.50. The van der Waals surface area contributed by atoms with Crippen molar-refractivity contribution in [2.24, 2.45) is 5.92 Å². The molecule has 0 saturated carbocycles. The summed E-state index contributed by atoms with van der Waals surface area (Å²) in [5.74, 6) is -0.0338. The van der Waals surface area contributed by atoms with E-state index in [4.69, 9.17) is 5.26 Å². The number of nitriles is 1. The van der Waals surface area contributed by atoms with Crippen molar-refractivity contribution in [2.45, 2.75) is 49.6 Å². The normalized spacial score (nSPS) is 21.2. The van der Waals surface area contributed by atoms with Crippen LogP contribution in [0.15, 0.2) is 23.1 Å². The van der Waals surface area contributed by atoms with Gasteiger partial charge >= 0.3 is 12.4 Å². The van der Waals surface area contributed by atoms with Crippen molar-refractivity contribution >= 4 is 10.0 Å². The van der Waals surface area contributed by atoms with Crippen LogP contribution in [0.5, 0.6) is 0 Å². The minimum Gasteiger partial charge on any atom is -0.306 e. The summed E-state index contributed by atoms with van der Waals surface area (Å²) in [5, 5.41) is 9.12. The lowest BCUT2D eigenvalue weighted by Gasteiger charge is -2.21. The number of benzene rings is 1. The number of nitrogens with one attached hydrogen (secondary N) is 1. The molecule has 0 spiro atoms. The largest absolute Gasteiger partial charge is 0.417 e. The minimum atomic E-state index is -5.16. The van der Waals surface area contributed by atoms with E-state index in [2.05, 4.69) is 0 Å². The Morgan fingerprint density at radius 3 is 2.21 bits per heavy atom. The van der Waals surface area contributed by atoms with Gasteiger partial charge in [0.2, 0.25) is 10.0 Å². The standard InChI is InChI=1S/C16H17F6N3O2S/c1-9(2)13-6-11(7-25(13)8-23)24-28(26,27)14-5-10(15(17,18)19)3-4-12(14)16(20,21)22/h3-5,9,11,13,24H,6-7H2,1-2H3. The van der Waals surface area contributed by atoms with Crippen LogP contribution in [0, 0.1) is 17.4 Å². The Bertz CT molecular complexity index is 874. The minimum absolute atomic E-state index is 0.0257. The molecule has 28 heavy (non-hydrogen) atoms. The fraction of sp³-hybridized carbons (Fsp3) is 0.562. The third-order valence-electron chi connectivity index (χ3n) is 4.47. The van der Waals surface area contributed by atoms with E-state index in [-0.39, 0.29) is 43.1 Å². The van der Waals surface area contributed by atoms with Crippen LogP contribution in [-0.2, 0) is 22.4 Å². The van der Waals surface area contributed by atoms with Gasteiger partial charge in [-0.25, -0.2) is 13.1 Å². The van der Waals surface area contributed by atoms with Crippen LogP contribution >= 0.6 is 0 Å². The number of hydrogen-bond donors (Lipinski definition) is 1. The second kappa shape index (κ2) is 7.44. The molecule has 1 aromatic carbocycles. The van der Waals surface area contributed by atoms with E-state index in [1.807, 2.05) is 10.9 Å². The fourth-order valence-electron chi connectivity index (χ4n) is 3.14.